The Morgan fingerprint density at radius 2 is 0.932 bits per heavy atom. The van der Waals surface area contributed by atoms with Crippen LogP contribution in [-0.4, -0.2) is 4.57 Å². The number of para-hydroxylation sites is 3. The Morgan fingerprint density at radius 3 is 1.60 bits per heavy atom. The number of anilines is 3. The van der Waals surface area contributed by atoms with Gasteiger partial charge in [-0.15, -0.1) is 0 Å². The van der Waals surface area contributed by atoms with E-state index in [1.807, 2.05) is 66.7 Å². The molecule has 0 bridgehead atoms. The van der Waals surface area contributed by atoms with Crippen molar-refractivity contribution in [2.45, 2.75) is 19.3 Å². The second-order valence-corrected chi connectivity index (χ2v) is 19.8. The highest BCUT2D eigenvalue weighted by Crippen LogP contribution is 2.54. The molecule has 2 heteroatoms. The lowest BCUT2D eigenvalue weighted by Gasteiger charge is -2.25. The third kappa shape index (κ3) is 6.86. The normalized spacial score (nSPS) is 13.5. The van der Waals surface area contributed by atoms with Crippen LogP contribution in [0.5, 0.6) is 0 Å². The first-order chi connectivity index (χ1) is 36.8. The molecule has 1 heterocycles. The number of benzene rings is 12. The molecule has 1 aliphatic carbocycles. The van der Waals surface area contributed by atoms with Crippen molar-refractivity contribution in [2.75, 3.05) is 4.90 Å². The van der Waals surface area contributed by atoms with E-state index in [1.54, 1.807) is 0 Å². The second kappa shape index (κ2) is 17.0. The van der Waals surface area contributed by atoms with E-state index < -0.39 is 5.41 Å². The molecule has 0 spiro atoms. The van der Waals surface area contributed by atoms with Crippen molar-refractivity contribution in [1.82, 2.24) is 4.57 Å². The summed E-state index contributed by atoms with van der Waals surface area (Å²) in [7, 11) is 0. The first-order valence-corrected chi connectivity index (χ1v) is 25.3. The average Bonchev–Trinajstić information content (AvgIpc) is 4.07. The minimum Gasteiger partial charge on any atom is -0.311 e. The van der Waals surface area contributed by atoms with Crippen LogP contribution in [-0.2, 0) is 5.41 Å². The predicted molar refractivity (Wildman–Crippen MR) is 312 cm³/mol. The zero-order valence-corrected chi connectivity index (χ0v) is 40.6. The van der Waals surface area contributed by atoms with Crippen molar-refractivity contribution in [3.63, 3.8) is 0 Å². The quantitative estimate of drug-likeness (QED) is 0.109. The van der Waals surface area contributed by atoms with E-state index in [0.717, 1.165) is 39.4 Å². The highest BCUT2D eigenvalue weighted by molar-refractivity contribution is 6.24. The lowest BCUT2D eigenvalue weighted by atomic mass is 9.81. The van der Waals surface area contributed by atoms with Gasteiger partial charge in [-0.05, 0) is 149 Å². The first kappa shape index (κ1) is 40.5. The van der Waals surface area contributed by atoms with Crippen LogP contribution in [0.15, 0.2) is 255 Å². The smallest absolute Gasteiger partial charge is 0.0629 e. The highest BCUT2D eigenvalue weighted by atomic mass is 15.1. The van der Waals surface area contributed by atoms with Gasteiger partial charge in [0.2, 0.25) is 0 Å². The number of hydrogen-bond donors (Lipinski definition) is 0. The van der Waals surface area contributed by atoms with Crippen LogP contribution in [0.3, 0.4) is 0 Å². The minimum absolute atomic E-state index is 0.187. The van der Waals surface area contributed by atoms with Crippen molar-refractivity contribution in [2.24, 2.45) is 0 Å². The summed E-state index contributed by atoms with van der Waals surface area (Å²) < 4.78 is 21.4. The van der Waals surface area contributed by atoms with Crippen molar-refractivity contribution in [3.05, 3.63) is 277 Å². The Kier molecular flexibility index (Phi) is 9.41. The molecule has 0 radical (unpaired) electrons. The van der Waals surface area contributed by atoms with Crippen LogP contribution in [0, 0.1) is 0 Å². The van der Waals surface area contributed by atoms with Crippen LogP contribution >= 0.6 is 0 Å². The molecule has 344 valence electrons. The van der Waals surface area contributed by atoms with Crippen LogP contribution in [0.2, 0.25) is 0 Å². The summed E-state index contributed by atoms with van der Waals surface area (Å²) in [6, 6.07) is 91.3. The summed E-state index contributed by atoms with van der Waals surface area (Å²) in [5.41, 5.74) is 17.2. The van der Waals surface area contributed by atoms with Crippen LogP contribution in [0.25, 0.3) is 105 Å². The van der Waals surface area contributed by atoms with Crippen molar-refractivity contribution in [3.8, 4) is 39.1 Å². The maximum absolute atomic E-state index is 9.52. The second-order valence-electron chi connectivity index (χ2n) is 19.8. The largest absolute Gasteiger partial charge is 0.311 e. The molecule has 2 nitrogen and oxygen atoms in total. The number of rotatable bonds is 8. The molecule has 0 amide bonds. The number of nitrogens with zero attached hydrogens (tertiary/aromatic N) is 2. The van der Waals surface area contributed by atoms with E-state index in [9.17, 15) is 2.74 Å². The Hall–Kier alpha value is -9.24. The molecular formula is C71H50N2. The van der Waals surface area contributed by atoms with Gasteiger partial charge < -0.3 is 9.47 Å². The average molecular weight is 933 g/mol. The molecule has 0 saturated carbocycles. The summed E-state index contributed by atoms with van der Waals surface area (Å²) in [6.07, 6.45) is 0. The molecule has 1 aliphatic rings. The SMILES string of the molecule is [2H]/C(=C(/[2H])c1ccc2c(c1)C(C)(C)c1c-2ccc2c3cc(-c4c5ccccc5c(-c5cccc6ccccc56)c5ccccc45)ccc3n(-c3ccccc3)c12)c1ccc(N(c2ccccc2)c2ccccc2)cc1. The van der Waals surface area contributed by atoms with Gasteiger partial charge in [-0.1, -0.05) is 220 Å². The fourth-order valence-corrected chi connectivity index (χ4v) is 12.1. The monoisotopic (exact) mass is 932 g/mol. The van der Waals surface area contributed by atoms with Gasteiger partial charge in [-0.3, -0.25) is 0 Å². The number of hydrogen-bond acceptors (Lipinski definition) is 1. The maximum Gasteiger partial charge on any atom is 0.0629 e. The van der Waals surface area contributed by atoms with Gasteiger partial charge in [0, 0.05) is 38.9 Å². The highest BCUT2D eigenvalue weighted by Gasteiger charge is 2.39. The third-order valence-corrected chi connectivity index (χ3v) is 15.3. The van der Waals surface area contributed by atoms with E-state index in [1.165, 1.54) is 87.6 Å². The fraction of sp³-hybridized carbons (Fsp3) is 0.0423. The molecule has 0 atom stereocenters. The Labute approximate surface area is 428 Å². The summed E-state index contributed by atoms with van der Waals surface area (Å²) in [5, 5.41) is 9.82. The van der Waals surface area contributed by atoms with E-state index >= 15 is 0 Å². The molecule has 0 unspecified atom stereocenters. The van der Waals surface area contributed by atoms with Gasteiger partial charge in [-0.25, -0.2) is 0 Å². The maximum atomic E-state index is 9.52. The van der Waals surface area contributed by atoms with Crippen molar-refractivity contribution >= 4 is 83.3 Å². The lowest BCUT2D eigenvalue weighted by Crippen LogP contribution is -2.16. The van der Waals surface area contributed by atoms with Crippen LogP contribution in [0.1, 0.15) is 38.8 Å². The Morgan fingerprint density at radius 1 is 0.397 bits per heavy atom. The summed E-state index contributed by atoms with van der Waals surface area (Å²) >= 11 is 0. The van der Waals surface area contributed by atoms with Gasteiger partial charge in [0.15, 0.2) is 0 Å². The van der Waals surface area contributed by atoms with E-state index in [0.29, 0.717) is 5.56 Å². The Bertz CT molecular complexity index is 4340. The van der Waals surface area contributed by atoms with Gasteiger partial charge in [-0.2, -0.15) is 0 Å². The van der Waals surface area contributed by atoms with Crippen LogP contribution < -0.4 is 4.90 Å². The fourth-order valence-electron chi connectivity index (χ4n) is 12.1. The molecule has 0 N–H and O–H groups in total. The van der Waals surface area contributed by atoms with Gasteiger partial charge in [0.25, 0.3) is 0 Å². The van der Waals surface area contributed by atoms with Crippen molar-refractivity contribution in [1.29, 1.82) is 0 Å². The zero-order valence-electron chi connectivity index (χ0n) is 42.6. The molecule has 0 fully saturated rings. The molecule has 1 aromatic heterocycles. The zero-order chi connectivity index (χ0) is 50.4. The third-order valence-electron chi connectivity index (χ3n) is 15.3. The molecular weight excluding hydrogens is 881 g/mol. The molecule has 13 aromatic rings. The van der Waals surface area contributed by atoms with E-state index in [-0.39, 0.29) is 12.1 Å². The lowest BCUT2D eigenvalue weighted by molar-refractivity contribution is 0.663. The molecule has 12 aromatic carbocycles. The standard InChI is InChI=1S/C71H50N2/c1-71(2)65-45-48(34-33-47-35-39-54(40-36-47)72(51-21-6-3-7-22-51)52-23-8-4-9-24-52)37-41-56(65)62-42-43-63-64-46-50(38-44-66(64)73(70(63)69(62)71)53-25-10-5-11-26-53)67-58-28-14-16-30-60(58)68(61-31-17-15-29-59(61)67)57-32-18-20-49-19-12-13-27-55(49)57/h3-46H,1-2H3/b34-33+/i33D,34D. The summed E-state index contributed by atoms with van der Waals surface area (Å²) in [4.78, 5) is 2.21. The van der Waals surface area contributed by atoms with Gasteiger partial charge in [0.05, 0.1) is 13.8 Å². The summed E-state index contributed by atoms with van der Waals surface area (Å²) in [5.74, 6) is 0. The van der Waals surface area contributed by atoms with Crippen LogP contribution in [0.4, 0.5) is 17.1 Å². The predicted octanol–water partition coefficient (Wildman–Crippen LogP) is 19.5. The molecule has 14 rings (SSSR count). The first-order valence-electron chi connectivity index (χ1n) is 26.3. The van der Waals surface area contributed by atoms with E-state index in [4.69, 9.17) is 0 Å². The summed E-state index contributed by atoms with van der Waals surface area (Å²) in [6.45, 7) is 4.65. The molecule has 73 heavy (non-hydrogen) atoms. The van der Waals surface area contributed by atoms with E-state index in [2.05, 4.69) is 211 Å². The number of aromatic nitrogens is 1. The number of fused-ring (bicyclic) bond motifs is 10. The minimum atomic E-state index is -0.434. The Balaban J connectivity index is 0.900. The molecule has 0 saturated heterocycles. The van der Waals surface area contributed by atoms with Crippen molar-refractivity contribution < 1.29 is 2.74 Å². The van der Waals surface area contributed by atoms with Gasteiger partial charge >= 0.3 is 0 Å². The topological polar surface area (TPSA) is 8.17 Å². The van der Waals surface area contributed by atoms with Gasteiger partial charge in [0.1, 0.15) is 0 Å². The molecule has 0 aliphatic heterocycles.